The van der Waals surface area contributed by atoms with Crippen molar-refractivity contribution in [2.45, 2.75) is 6.92 Å². The number of ether oxygens (including phenoxy) is 1. The fourth-order valence-electron chi connectivity index (χ4n) is 1.96. The van der Waals surface area contributed by atoms with Gasteiger partial charge in [-0.05, 0) is 24.1 Å². The summed E-state index contributed by atoms with van der Waals surface area (Å²) in [4.78, 5) is 0. The highest BCUT2D eigenvalue weighted by atomic mass is 19.1. The van der Waals surface area contributed by atoms with Crippen molar-refractivity contribution in [3.63, 3.8) is 0 Å². The highest BCUT2D eigenvalue weighted by Crippen LogP contribution is 2.35. The third kappa shape index (κ3) is 2.71. The Balaban J connectivity index is 2.58. The molecule has 0 saturated heterocycles. The summed E-state index contributed by atoms with van der Waals surface area (Å²) in [6, 6.07) is 10.3. The molecule has 0 bridgehead atoms. The first-order valence-corrected chi connectivity index (χ1v) is 5.84. The average Bonchev–Trinajstić information content (AvgIpc) is 2.41. The fraction of sp³-hybridized carbons (Fsp3) is 0.143. The van der Waals surface area contributed by atoms with E-state index >= 15 is 0 Å². The van der Waals surface area contributed by atoms with Gasteiger partial charge >= 0.3 is 7.69 Å². The van der Waals surface area contributed by atoms with Crippen LogP contribution in [0.4, 0.5) is 4.39 Å². The lowest BCUT2D eigenvalue weighted by molar-refractivity contribution is 0.379. The van der Waals surface area contributed by atoms with Gasteiger partial charge in [-0.2, -0.15) is 0 Å². The van der Waals surface area contributed by atoms with Gasteiger partial charge in [0.2, 0.25) is 0 Å². The molecule has 0 fully saturated rings. The Bertz CT molecular complexity index is 587. The maximum absolute atomic E-state index is 14.1. The van der Waals surface area contributed by atoms with Crippen molar-refractivity contribution >= 4 is 7.69 Å². The summed E-state index contributed by atoms with van der Waals surface area (Å²) in [6.07, 6.45) is 0. The van der Waals surface area contributed by atoms with Crippen molar-refractivity contribution < 1.29 is 18.8 Å². The van der Waals surface area contributed by atoms with Crippen LogP contribution >= 0.6 is 0 Å². The zero-order valence-electron chi connectivity index (χ0n) is 10.8. The molecule has 0 aliphatic carbocycles. The van der Waals surface area contributed by atoms with Crippen LogP contribution in [-0.4, -0.2) is 19.8 Å². The largest absolute Gasteiger partial charge is 0.536 e. The van der Waals surface area contributed by atoms with Crippen LogP contribution in [-0.2, 0) is 0 Å². The van der Waals surface area contributed by atoms with Gasteiger partial charge in [-0.3, -0.25) is 0 Å². The number of hydrogen-bond acceptors (Lipinski definition) is 3. The van der Waals surface area contributed by atoms with Gasteiger partial charge in [-0.1, -0.05) is 24.3 Å². The number of hydrogen-bond donors (Lipinski definition) is 1. The minimum atomic E-state index is -0.491. The van der Waals surface area contributed by atoms with E-state index in [2.05, 4.69) is 0 Å². The Labute approximate surface area is 111 Å². The third-order valence-corrected chi connectivity index (χ3v) is 2.91. The zero-order valence-corrected chi connectivity index (χ0v) is 10.8. The van der Waals surface area contributed by atoms with Crippen molar-refractivity contribution in [3.05, 3.63) is 47.8 Å². The van der Waals surface area contributed by atoms with Crippen molar-refractivity contribution in [3.8, 4) is 22.6 Å². The SMILES string of the molecule is COc1cc(F)c(-c2ccccc2C)cc1OBO. The van der Waals surface area contributed by atoms with Gasteiger partial charge in [0.15, 0.2) is 5.75 Å². The highest BCUT2D eigenvalue weighted by Gasteiger charge is 2.14. The molecular formula is C14H14BFO3. The predicted molar refractivity (Wildman–Crippen MR) is 73.1 cm³/mol. The Kier molecular flexibility index (Phi) is 4.07. The molecule has 0 unspecified atom stereocenters. The second kappa shape index (κ2) is 5.76. The molecule has 0 aliphatic rings. The molecule has 0 aromatic heterocycles. The van der Waals surface area contributed by atoms with E-state index in [1.807, 2.05) is 31.2 Å². The Hall–Kier alpha value is -2.01. The predicted octanol–water partition coefficient (Wildman–Crippen LogP) is 2.45. The standard InChI is InChI=1S/C14H14BFO3/c1-9-5-3-4-6-10(9)11-7-14(19-15-17)13(18-2)8-12(11)16/h3-8,15,17H,1-2H3. The quantitative estimate of drug-likeness (QED) is 0.858. The van der Waals surface area contributed by atoms with E-state index in [4.69, 9.17) is 14.4 Å². The number of rotatable bonds is 4. The van der Waals surface area contributed by atoms with Gasteiger partial charge in [0.25, 0.3) is 0 Å². The summed E-state index contributed by atoms with van der Waals surface area (Å²) in [7, 11) is 0.932. The lowest BCUT2D eigenvalue weighted by atomic mass is 9.99. The molecule has 2 aromatic rings. The summed E-state index contributed by atoms with van der Waals surface area (Å²) >= 11 is 0. The van der Waals surface area contributed by atoms with Gasteiger partial charge in [-0.25, -0.2) is 4.39 Å². The van der Waals surface area contributed by atoms with Crippen LogP contribution in [0.5, 0.6) is 11.5 Å². The maximum atomic E-state index is 14.1. The van der Waals surface area contributed by atoms with Crippen molar-refractivity contribution in [2.24, 2.45) is 0 Å². The van der Waals surface area contributed by atoms with Gasteiger partial charge in [0.05, 0.1) is 7.11 Å². The number of halogens is 1. The number of benzene rings is 2. The van der Waals surface area contributed by atoms with E-state index in [1.54, 1.807) is 0 Å². The van der Waals surface area contributed by atoms with Gasteiger partial charge in [0.1, 0.15) is 11.6 Å². The average molecular weight is 260 g/mol. The maximum Gasteiger partial charge on any atom is 0.504 e. The molecule has 0 radical (unpaired) electrons. The number of aryl methyl sites for hydroxylation is 1. The van der Waals surface area contributed by atoms with Crippen molar-refractivity contribution in [2.75, 3.05) is 7.11 Å². The third-order valence-electron chi connectivity index (χ3n) is 2.91. The molecule has 98 valence electrons. The van der Waals surface area contributed by atoms with E-state index < -0.39 is 13.5 Å². The van der Waals surface area contributed by atoms with Crippen LogP contribution in [0.3, 0.4) is 0 Å². The first-order valence-electron chi connectivity index (χ1n) is 5.84. The van der Waals surface area contributed by atoms with E-state index in [0.29, 0.717) is 11.3 Å². The minimum Gasteiger partial charge on any atom is -0.536 e. The molecule has 2 aromatic carbocycles. The monoisotopic (exact) mass is 260 g/mol. The Morgan fingerprint density at radius 2 is 1.84 bits per heavy atom. The van der Waals surface area contributed by atoms with Crippen LogP contribution in [0, 0.1) is 12.7 Å². The zero-order chi connectivity index (χ0) is 13.8. The molecule has 0 heterocycles. The van der Waals surface area contributed by atoms with E-state index in [9.17, 15) is 4.39 Å². The summed E-state index contributed by atoms with van der Waals surface area (Å²) in [5.41, 5.74) is 2.16. The summed E-state index contributed by atoms with van der Waals surface area (Å²) in [5.74, 6) is 0.171. The number of methoxy groups -OCH3 is 1. The second-order valence-electron chi connectivity index (χ2n) is 4.07. The van der Waals surface area contributed by atoms with E-state index in [1.165, 1.54) is 19.2 Å². The first kappa shape index (κ1) is 13.4. The molecule has 3 nitrogen and oxygen atoms in total. The highest BCUT2D eigenvalue weighted by molar-refractivity contribution is 6.17. The molecule has 0 spiro atoms. The van der Waals surface area contributed by atoms with Crippen LogP contribution in [0.15, 0.2) is 36.4 Å². The second-order valence-corrected chi connectivity index (χ2v) is 4.07. The molecule has 5 heteroatoms. The fourth-order valence-corrected chi connectivity index (χ4v) is 1.96. The summed E-state index contributed by atoms with van der Waals surface area (Å²) < 4.78 is 24.2. The van der Waals surface area contributed by atoms with Crippen LogP contribution in [0.1, 0.15) is 5.56 Å². The first-order chi connectivity index (χ1) is 9.17. The van der Waals surface area contributed by atoms with Crippen LogP contribution in [0.2, 0.25) is 0 Å². The van der Waals surface area contributed by atoms with E-state index in [-0.39, 0.29) is 5.75 Å². The van der Waals surface area contributed by atoms with Gasteiger partial charge in [-0.15, -0.1) is 0 Å². The Morgan fingerprint density at radius 1 is 1.11 bits per heavy atom. The normalized spacial score (nSPS) is 10.1. The topological polar surface area (TPSA) is 38.7 Å². The molecule has 19 heavy (non-hydrogen) atoms. The molecule has 0 atom stereocenters. The molecule has 1 N–H and O–H groups in total. The minimum absolute atomic E-state index is 0.254. The van der Waals surface area contributed by atoms with Crippen LogP contribution in [0.25, 0.3) is 11.1 Å². The smallest absolute Gasteiger partial charge is 0.504 e. The van der Waals surface area contributed by atoms with Crippen molar-refractivity contribution in [1.82, 2.24) is 0 Å². The lowest BCUT2D eigenvalue weighted by Crippen LogP contribution is -2.03. The lowest BCUT2D eigenvalue weighted by Gasteiger charge is -2.13. The molecule has 0 saturated carbocycles. The molecule has 0 amide bonds. The Morgan fingerprint density at radius 3 is 2.47 bits per heavy atom. The van der Waals surface area contributed by atoms with Crippen LogP contribution < -0.4 is 9.39 Å². The molecule has 2 rings (SSSR count). The summed E-state index contributed by atoms with van der Waals surface area (Å²) in [5, 5.41) is 8.85. The van der Waals surface area contributed by atoms with Gasteiger partial charge in [0, 0.05) is 11.6 Å². The molecule has 0 aliphatic heterocycles. The summed E-state index contributed by atoms with van der Waals surface area (Å²) in [6.45, 7) is 1.91. The molecular weight excluding hydrogens is 246 g/mol. The van der Waals surface area contributed by atoms with E-state index in [0.717, 1.165) is 11.1 Å². The van der Waals surface area contributed by atoms with Gasteiger partial charge < -0.3 is 14.4 Å². The van der Waals surface area contributed by atoms with Crippen molar-refractivity contribution in [1.29, 1.82) is 0 Å².